The molecule has 1 aromatic rings. The summed E-state index contributed by atoms with van der Waals surface area (Å²) in [4.78, 5) is 24.7. The van der Waals surface area contributed by atoms with E-state index in [-0.39, 0.29) is 31.8 Å². The molecule has 2 heterocycles. The van der Waals surface area contributed by atoms with Crippen LogP contribution in [0.4, 0.5) is 0 Å². The quantitative estimate of drug-likeness (QED) is 0.745. The first kappa shape index (κ1) is 15.5. The molecule has 2 rings (SSSR count). The third kappa shape index (κ3) is 3.24. The third-order valence-corrected chi connectivity index (χ3v) is 4.27. The number of piperidine rings is 1. The summed E-state index contributed by atoms with van der Waals surface area (Å²) in [5.74, 6) is -1.24. The minimum absolute atomic E-state index is 0.0255. The van der Waals surface area contributed by atoms with Crippen LogP contribution in [0.2, 0.25) is 0 Å². The molecular formula is C14H21N3O4. The summed E-state index contributed by atoms with van der Waals surface area (Å²) in [6.07, 6.45) is 1.06. The summed E-state index contributed by atoms with van der Waals surface area (Å²) >= 11 is 0. The zero-order valence-electron chi connectivity index (χ0n) is 12.3. The standard InChI is InChI=1S/C14H21N3O4/c1-9-10(2)15-16-11(9)3-4-12(18)17-7-5-14(21,6-8-17)13(19)20/h21H,3-8H2,1-2H3,(H,15,16)(H,19,20). The van der Waals surface area contributed by atoms with Gasteiger partial charge in [0.15, 0.2) is 5.60 Å². The van der Waals surface area contributed by atoms with Crippen molar-refractivity contribution in [1.29, 1.82) is 0 Å². The molecule has 1 saturated heterocycles. The Kier molecular flexibility index (Phi) is 4.32. The molecule has 0 radical (unpaired) electrons. The summed E-state index contributed by atoms with van der Waals surface area (Å²) < 4.78 is 0. The van der Waals surface area contributed by atoms with Crippen LogP contribution in [0.5, 0.6) is 0 Å². The minimum Gasteiger partial charge on any atom is -0.479 e. The van der Waals surface area contributed by atoms with E-state index in [9.17, 15) is 14.7 Å². The van der Waals surface area contributed by atoms with Crippen LogP contribution in [0.25, 0.3) is 0 Å². The van der Waals surface area contributed by atoms with Gasteiger partial charge in [-0.3, -0.25) is 9.89 Å². The highest BCUT2D eigenvalue weighted by Crippen LogP contribution is 2.23. The summed E-state index contributed by atoms with van der Waals surface area (Å²) in [6.45, 7) is 4.46. The number of carboxylic acids is 1. The fourth-order valence-corrected chi connectivity index (χ4v) is 2.50. The highest BCUT2D eigenvalue weighted by atomic mass is 16.4. The van der Waals surface area contributed by atoms with Crippen molar-refractivity contribution in [2.45, 2.75) is 45.1 Å². The van der Waals surface area contributed by atoms with E-state index in [0.717, 1.165) is 17.0 Å². The molecule has 1 amide bonds. The largest absolute Gasteiger partial charge is 0.479 e. The second-order valence-electron chi connectivity index (χ2n) is 5.64. The Morgan fingerprint density at radius 1 is 1.33 bits per heavy atom. The molecule has 7 heteroatoms. The number of hydrogen-bond acceptors (Lipinski definition) is 4. The summed E-state index contributed by atoms with van der Waals surface area (Å²) in [5.41, 5.74) is 1.27. The van der Waals surface area contributed by atoms with Crippen molar-refractivity contribution in [2.75, 3.05) is 13.1 Å². The van der Waals surface area contributed by atoms with Gasteiger partial charge in [-0.25, -0.2) is 4.79 Å². The van der Waals surface area contributed by atoms with Gasteiger partial charge in [0, 0.05) is 44.5 Å². The second kappa shape index (κ2) is 5.85. The van der Waals surface area contributed by atoms with Crippen molar-refractivity contribution in [3.8, 4) is 0 Å². The lowest BCUT2D eigenvalue weighted by Gasteiger charge is -2.35. The Hall–Kier alpha value is -1.89. The van der Waals surface area contributed by atoms with Crippen molar-refractivity contribution in [2.24, 2.45) is 0 Å². The summed E-state index contributed by atoms with van der Waals surface area (Å²) in [5, 5.41) is 25.8. The molecule has 116 valence electrons. The van der Waals surface area contributed by atoms with Crippen LogP contribution in [0.15, 0.2) is 0 Å². The van der Waals surface area contributed by atoms with Crippen molar-refractivity contribution in [3.63, 3.8) is 0 Å². The molecule has 0 aromatic carbocycles. The molecule has 1 aliphatic rings. The molecule has 0 bridgehead atoms. The second-order valence-corrected chi connectivity index (χ2v) is 5.64. The summed E-state index contributed by atoms with van der Waals surface area (Å²) in [6, 6.07) is 0. The van der Waals surface area contributed by atoms with Crippen LogP contribution in [0, 0.1) is 13.8 Å². The number of likely N-dealkylation sites (tertiary alicyclic amines) is 1. The molecule has 1 fully saturated rings. The number of amides is 1. The van der Waals surface area contributed by atoms with Crippen molar-refractivity contribution < 1.29 is 19.8 Å². The predicted molar refractivity (Wildman–Crippen MR) is 74.8 cm³/mol. The number of H-pyrrole nitrogens is 1. The van der Waals surface area contributed by atoms with E-state index in [1.807, 2.05) is 13.8 Å². The molecular weight excluding hydrogens is 274 g/mol. The molecule has 1 aromatic heterocycles. The van der Waals surface area contributed by atoms with Crippen LogP contribution >= 0.6 is 0 Å². The Bertz CT molecular complexity index is 544. The van der Waals surface area contributed by atoms with Crippen LogP contribution in [0.3, 0.4) is 0 Å². The number of carbonyl (C=O) groups is 2. The van der Waals surface area contributed by atoms with Gasteiger partial charge in [0.05, 0.1) is 5.69 Å². The smallest absolute Gasteiger partial charge is 0.335 e. The number of nitrogens with one attached hydrogen (secondary N) is 1. The molecule has 0 spiro atoms. The zero-order valence-corrected chi connectivity index (χ0v) is 12.3. The van der Waals surface area contributed by atoms with Gasteiger partial charge < -0.3 is 15.1 Å². The maximum Gasteiger partial charge on any atom is 0.335 e. The molecule has 21 heavy (non-hydrogen) atoms. The lowest BCUT2D eigenvalue weighted by Crippen LogP contribution is -2.50. The Morgan fingerprint density at radius 2 is 1.95 bits per heavy atom. The third-order valence-electron chi connectivity index (χ3n) is 4.27. The van der Waals surface area contributed by atoms with Crippen LogP contribution in [-0.4, -0.2) is 55.9 Å². The average molecular weight is 295 g/mol. The number of aromatic amines is 1. The van der Waals surface area contributed by atoms with Crippen LogP contribution in [0.1, 0.15) is 36.2 Å². The van der Waals surface area contributed by atoms with Crippen molar-refractivity contribution in [1.82, 2.24) is 15.1 Å². The number of aromatic nitrogens is 2. The topological polar surface area (TPSA) is 107 Å². The van der Waals surface area contributed by atoms with Crippen molar-refractivity contribution in [3.05, 3.63) is 17.0 Å². The molecule has 3 N–H and O–H groups in total. The van der Waals surface area contributed by atoms with E-state index in [4.69, 9.17) is 5.11 Å². The van der Waals surface area contributed by atoms with E-state index in [1.165, 1.54) is 0 Å². The maximum absolute atomic E-state index is 12.1. The number of nitrogens with zero attached hydrogens (tertiary/aromatic N) is 2. The molecule has 0 aliphatic carbocycles. The lowest BCUT2D eigenvalue weighted by atomic mass is 9.91. The highest BCUT2D eigenvalue weighted by Gasteiger charge is 2.40. The van der Waals surface area contributed by atoms with Crippen LogP contribution in [-0.2, 0) is 16.0 Å². The van der Waals surface area contributed by atoms with Gasteiger partial charge in [-0.15, -0.1) is 0 Å². The molecule has 7 nitrogen and oxygen atoms in total. The van der Waals surface area contributed by atoms with Gasteiger partial charge in [-0.1, -0.05) is 0 Å². The monoisotopic (exact) mass is 295 g/mol. The van der Waals surface area contributed by atoms with Gasteiger partial charge in [0.2, 0.25) is 5.91 Å². The predicted octanol–water partition coefficient (Wildman–Crippen LogP) is 0.397. The van der Waals surface area contributed by atoms with Gasteiger partial charge in [0.25, 0.3) is 0 Å². The number of rotatable bonds is 4. The SMILES string of the molecule is Cc1[nH]nc(CCC(=O)N2CCC(O)(C(=O)O)CC2)c1C. The van der Waals surface area contributed by atoms with E-state index in [1.54, 1.807) is 4.90 Å². The molecule has 0 saturated carbocycles. The summed E-state index contributed by atoms with van der Waals surface area (Å²) in [7, 11) is 0. The van der Waals surface area contributed by atoms with Crippen molar-refractivity contribution >= 4 is 11.9 Å². The number of carbonyl (C=O) groups excluding carboxylic acids is 1. The van der Waals surface area contributed by atoms with Gasteiger partial charge in [-0.2, -0.15) is 5.10 Å². The first-order valence-corrected chi connectivity index (χ1v) is 7.07. The fourth-order valence-electron chi connectivity index (χ4n) is 2.50. The van der Waals surface area contributed by atoms with Gasteiger partial charge in [-0.05, 0) is 19.4 Å². The first-order valence-electron chi connectivity index (χ1n) is 7.07. The molecule has 0 unspecified atom stereocenters. The molecule has 1 aliphatic heterocycles. The Balaban J connectivity index is 1.85. The average Bonchev–Trinajstić information content (AvgIpc) is 2.77. The van der Waals surface area contributed by atoms with Gasteiger partial charge >= 0.3 is 5.97 Å². The highest BCUT2D eigenvalue weighted by molar-refractivity contribution is 5.79. The molecule has 0 atom stereocenters. The van der Waals surface area contributed by atoms with E-state index in [2.05, 4.69) is 10.2 Å². The number of aliphatic hydroxyl groups is 1. The van der Waals surface area contributed by atoms with E-state index >= 15 is 0 Å². The first-order chi connectivity index (χ1) is 9.83. The Labute approximate surface area is 123 Å². The normalized spacial score (nSPS) is 17.8. The Morgan fingerprint density at radius 3 is 2.43 bits per heavy atom. The maximum atomic E-state index is 12.1. The minimum atomic E-state index is -1.69. The zero-order chi connectivity index (χ0) is 15.6. The van der Waals surface area contributed by atoms with Crippen LogP contribution < -0.4 is 0 Å². The van der Waals surface area contributed by atoms with Gasteiger partial charge in [0.1, 0.15) is 0 Å². The number of aryl methyl sites for hydroxylation is 2. The number of hydrogen-bond donors (Lipinski definition) is 3. The number of carboxylic acid groups (broad SMARTS) is 1. The van der Waals surface area contributed by atoms with E-state index in [0.29, 0.717) is 12.8 Å². The van der Waals surface area contributed by atoms with E-state index < -0.39 is 11.6 Å². The fraction of sp³-hybridized carbons (Fsp3) is 0.643. The number of aliphatic carboxylic acids is 1. The lowest BCUT2D eigenvalue weighted by molar-refractivity contribution is -0.165.